The molecule has 2 aromatic heterocycles. The summed E-state index contributed by atoms with van der Waals surface area (Å²) in [4.78, 5) is 21.8. The smallest absolute Gasteiger partial charge is 0.434 e. The average molecular weight is 469 g/mol. The van der Waals surface area contributed by atoms with E-state index in [9.17, 15) is 23.3 Å². The first-order valence-corrected chi connectivity index (χ1v) is 9.79. The van der Waals surface area contributed by atoms with E-state index in [1.807, 2.05) is 0 Å². The van der Waals surface area contributed by atoms with Crippen LogP contribution in [-0.4, -0.2) is 31.6 Å². The third-order valence-corrected chi connectivity index (χ3v) is 5.05. The molecule has 1 fully saturated rings. The molecule has 0 bridgehead atoms. The van der Waals surface area contributed by atoms with Crippen LogP contribution in [0.4, 0.5) is 24.7 Å². The Balaban J connectivity index is 1.63. The van der Waals surface area contributed by atoms with Crippen molar-refractivity contribution < 1.29 is 22.8 Å². The van der Waals surface area contributed by atoms with Gasteiger partial charge in [0.25, 0.3) is 0 Å². The zero-order chi connectivity index (χ0) is 23.0. The van der Waals surface area contributed by atoms with Gasteiger partial charge < -0.3 is 14.6 Å². The summed E-state index contributed by atoms with van der Waals surface area (Å²) in [6.07, 6.45) is -0.965. The quantitative estimate of drug-likeness (QED) is 0.299. The number of aromatic nitrogens is 4. The van der Waals surface area contributed by atoms with Crippen LogP contribution < -0.4 is 10.1 Å². The number of anilines is 1. The summed E-state index contributed by atoms with van der Waals surface area (Å²) >= 11 is 5.72. The van der Waals surface area contributed by atoms with E-state index < -0.39 is 16.8 Å². The fraction of sp³-hybridized carbons (Fsp3) is 0.316. The molecule has 0 spiro atoms. The maximum Gasteiger partial charge on any atom is 0.434 e. The van der Waals surface area contributed by atoms with Crippen molar-refractivity contribution >= 4 is 23.1 Å². The van der Waals surface area contributed by atoms with Gasteiger partial charge in [-0.15, -0.1) is 0 Å². The van der Waals surface area contributed by atoms with Gasteiger partial charge in [-0.1, -0.05) is 6.07 Å². The maximum atomic E-state index is 13.2. The number of nitro groups is 1. The monoisotopic (exact) mass is 468 g/mol. The lowest BCUT2D eigenvalue weighted by molar-refractivity contribution is -0.384. The molecule has 168 valence electrons. The molecule has 32 heavy (non-hydrogen) atoms. The molecule has 13 heteroatoms. The minimum atomic E-state index is -4.56. The molecule has 0 unspecified atom stereocenters. The highest BCUT2D eigenvalue weighted by molar-refractivity contribution is 6.28. The van der Waals surface area contributed by atoms with E-state index >= 15 is 0 Å². The van der Waals surface area contributed by atoms with Crippen LogP contribution in [0, 0.1) is 10.1 Å². The number of benzene rings is 1. The van der Waals surface area contributed by atoms with Crippen LogP contribution in [0.2, 0.25) is 5.28 Å². The van der Waals surface area contributed by atoms with Gasteiger partial charge in [0, 0.05) is 18.8 Å². The van der Waals surface area contributed by atoms with Gasteiger partial charge in [0.1, 0.15) is 17.8 Å². The molecule has 0 amide bonds. The van der Waals surface area contributed by atoms with Crippen LogP contribution in [0.1, 0.15) is 30.1 Å². The van der Waals surface area contributed by atoms with Gasteiger partial charge in [-0.25, -0.2) is 9.97 Å². The largest absolute Gasteiger partial charge is 0.496 e. The van der Waals surface area contributed by atoms with E-state index in [-0.39, 0.29) is 35.2 Å². The van der Waals surface area contributed by atoms with E-state index in [0.717, 1.165) is 25.2 Å². The number of hydrogen-bond donors (Lipinski definition) is 1. The fourth-order valence-corrected chi connectivity index (χ4v) is 3.33. The number of halogens is 4. The van der Waals surface area contributed by atoms with Gasteiger partial charge in [0.2, 0.25) is 11.1 Å². The minimum absolute atomic E-state index is 0.0253. The molecule has 2 heterocycles. The van der Waals surface area contributed by atoms with Gasteiger partial charge in [0.05, 0.1) is 17.6 Å². The summed E-state index contributed by atoms with van der Waals surface area (Å²) in [5.41, 5.74) is -0.241. The van der Waals surface area contributed by atoms with Gasteiger partial charge in [0.15, 0.2) is 5.69 Å². The highest BCUT2D eigenvalue weighted by Gasteiger charge is 2.38. The Morgan fingerprint density at radius 3 is 2.72 bits per heavy atom. The summed E-state index contributed by atoms with van der Waals surface area (Å²) in [5.74, 6) is 0.437. The predicted octanol–water partition coefficient (Wildman–Crippen LogP) is 4.88. The minimum Gasteiger partial charge on any atom is -0.496 e. The van der Waals surface area contributed by atoms with Crippen molar-refractivity contribution in [2.75, 3.05) is 12.4 Å². The second kappa shape index (κ2) is 8.26. The Morgan fingerprint density at radius 2 is 2.09 bits per heavy atom. The molecule has 1 N–H and O–H groups in total. The number of rotatable bonds is 7. The molecule has 1 aromatic carbocycles. The van der Waals surface area contributed by atoms with Crippen molar-refractivity contribution in [3.8, 4) is 17.1 Å². The lowest BCUT2D eigenvalue weighted by Gasteiger charge is -2.13. The van der Waals surface area contributed by atoms with Crippen molar-refractivity contribution in [1.29, 1.82) is 0 Å². The summed E-state index contributed by atoms with van der Waals surface area (Å²) in [6, 6.07) is 4.87. The van der Waals surface area contributed by atoms with Crippen LogP contribution in [-0.2, 0) is 12.7 Å². The maximum absolute atomic E-state index is 13.2. The molecular formula is C19H16ClF3N6O3. The van der Waals surface area contributed by atoms with Crippen LogP contribution in [0.15, 0.2) is 30.6 Å². The number of methoxy groups -OCH3 is 1. The SMILES string of the molecule is COc1cc(CNc2nc(Cl)ncc2[N+](=O)[O-])ccc1-c1nc(C(F)(F)F)cn1C1CC1. The van der Waals surface area contributed by atoms with Gasteiger partial charge in [-0.3, -0.25) is 10.1 Å². The summed E-state index contributed by atoms with van der Waals surface area (Å²) in [7, 11) is 1.40. The fourth-order valence-electron chi connectivity index (χ4n) is 3.19. The number of nitrogens with zero attached hydrogens (tertiary/aromatic N) is 5. The molecule has 3 aromatic rings. The summed E-state index contributed by atoms with van der Waals surface area (Å²) < 4.78 is 46.6. The van der Waals surface area contributed by atoms with Crippen LogP contribution in [0.3, 0.4) is 0 Å². The number of nitrogens with one attached hydrogen (secondary N) is 1. The Kier molecular flexibility index (Phi) is 5.63. The number of imidazole rings is 1. The third-order valence-electron chi connectivity index (χ3n) is 4.87. The van der Waals surface area contributed by atoms with Crippen molar-refractivity contribution in [2.45, 2.75) is 31.6 Å². The molecule has 9 nitrogen and oxygen atoms in total. The number of hydrogen-bond acceptors (Lipinski definition) is 7. The summed E-state index contributed by atoms with van der Waals surface area (Å²) in [6.45, 7) is 0.121. The van der Waals surface area contributed by atoms with Gasteiger partial charge in [-0.2, -0.15) is 18.2 Å². The first-order chi connectivity index (χ1) is 15.2. The predicted molar refractivity (Wildman–Crippen MR) is 109 cm³/mol. The normalized spacial score (nSPS) is 13.8. The zero-order valence-corrected chi connectivity index (χ0v) is 17.3. The zero-order valence-electron chi connectivity index (χ0n) is 16.6. The average Bonchev–Trinajstić information content (AvgIpc) is 3.48. The number of ether oxygens (including phenoxy) is 1. The number of alkyl halides is 3. The molecular weight excluding hydrogens is 453 g/mol. The molecule has 4 rings (SSSR count). The molecule has 0 atom stereocenters. The second-order valence-corrected chi connectivity index (χ2v) is 7.44. The highest BCUT2D eigenvalue weighted by Crippen LogP contribution is 2.42. The molecule has 0 aliphatic heterocycles. The van der Waals surface area contributed by atoms with E-state index in [4.69, 9.17) is 16.3 Å². The molecule has 1 aliphatic carbocycles. The Morgan fingerprint density at radius 1 is 1.34 bits per heavy atom. The van der Waals surface area contributed by atoms with Gasteiger partial charge >= 0.3 is 11.9 Å². The molecule has 0 saturated heterocycles. The molecule has 1 aliphatic rings. The van der Waals surface area contributed by atoms with E-state index in [1.54, 1.807) is 18.2 Å². The lowest BCUT2D eigenvalue weighted by atomic mass is 10.1. The molecule has 1 saturated carbocycles. The van der Waals surface area contributed by atoms with E-state index in [1.165, 1.54) is 11.7 Å². The Labute approximate surface area is 184 Å². The standard InChI is InChI=1S/C19H16ClF3N6O3/c1-32-14-6-10(7-24-16-13(29(30)31)8-25-18(20)27-16)2-5-12(14)17-26-15(19(21,22)23)9-28(17)11-3-4-11/h2,5-6,8-9,11H,3-4,7H2,1H3,(H,24,25,27). The van der Waals surface area contributed by atoms with E-state index in [0.29, 0.717) is 16.9 Å². The lowest BCUT2D eigenvalue weighted by Crippen LogP contribution is -2.06. The van der Waals surface area contributed by atoms with Crippen LogP contribution in [0.25, 0.3) is 11.4 Å². The Hall–Kier alpha value is -3.41. The van der Waals surface area contributed by atoms with Gasteiger partial charge in [-0.05, 0) is 42.1 Å². The Bertz CT molecular complexity index is 1180. The highest BCUT2D eigenvalue weighted by atomic mass is 35.5. The van der Waals surface area contributed by atoms with Crippen molar-refractivity contribution in [3.63, 3.8) is 0 Å². The van der Waals surface area contributed by atoms with Crippen molar-refractivity contribution in [3.05, 3.63) is 57.2 Å². The van der Waals surface area contributed by atoms with Crippen LogP contribution >= 0.6 is 11.6 Å². The topological polar surface area (TPSA) is 108 Å². The third kappa shape index (κ3) is 4.44. The second-order valence-electron chi connectivity index (χ2n) is 7.10. The first kappa shape index (κ1) is 21.8. The first-order valence-electron chi connectivity index (χ1n) is 9.41. The van der Waals surface area contributed by atoms with E-state index in [2.05, 4.69) is 20.3 Å². The van der Waals surface area contributed by atoms with Crippen molar-refractivity contribution in [1.82, 2.24) is 19.5 Å². The van der Waals surface area contributed by atoms with Crippen molar-refractivity contribution in [2.24, 2.45) is 0 Å². The van der Waals surface area contributed by atoms with Crippen LogP contribution in [0.5, 0.6) is 5.75 Å². The summed E-state index contributed by atoms with van der Waals surface area (Å²) in [5, 5.41) is 13.8. The molecule has 0 radical (unpaired) electrons.